The molecule has 1 atom stereocenters. The molecule has 0 spiro atoms. The first-order valence-electron chi connectivity index (χ1n) is 6.15. The zero-order chi connectivity index (χ0) is 12.8. The fraction of sp³-hybridized carbons (Fsp3) is 0.500. The lowest BCUT2D eigenvalue weighted by Gasteiger charge is -2.11. The molecule has 0 aromatic heterocycles. The van der Waals surface area contributed by atoms with E-state index < -0.39 is 0 Å². The summed E-state index contributed by atoms with van der Waals surface area (Å²) >= 11 is 0. The first-order chi connectivity index (χ1) is 8.81. The third-order valence-corrected chi connectivity index (χ3v) is 2.98. The summed E-state index contributed by atoms with van der Waals surface area (Å²) in [5, 5.41) is 8.90. The maximum absolute atomic E-state index is 8.90. The van der Waals surface area contributed by atoms with Gasteiger partial charge in [0.05, 0.1) is 31.5 Å². The van der Waals surface area contributed by atoms with Gasteiger partial charge in [-0.3, -0.25) is 0 Å². The Morgan fingerprint density at radius 2 is 2.22 bits per heavy atom. The quantitative estimate of drug-likeness (QED) is 0.802. The second-order valence-corrected chi connectivity index (χ2v) is 4.28. The number of ether oxygens (including phenoxy) is 3. The molecule has 0 amide bonds. The van der Waals surface area contributed by atoms with Gasteiger partial charge >= 0.3 is 0 Å². The van der Waals surface area contributed by atoms with Crippen molar-refractivity contribution in [1.82, 2.24) is 0 Å². The number of rotatable bonds is 5. The minimum atomic E-state index is 0.325. The van der Waals surface area contributed by atoms with Crippen LogP contribution in [0.15, 0.2) is 18.2 Å². The average molecular weight is 247 g/mol. The van der Waals surface area contributed by atoms with Crippen molar-refractivity contribution in [1.29, 1.82) is 5.26 Å². The van der Waals surface area contributed by atoms with E-state index in [4.69, 9.17) is 19.5 Å². The summed E-state index contributed by atoms with van der Waals surface area (Å²) in [4.78, 5) is 0. The lowest BCUT2D eigenvalue weighted by Crippen LogP contribution is -2.10. The Kier molecular flexibility index (Phi) is 4.43. The second-order valence-electron chi connectivity index (χ2n) is 4.28. The number of nitrogens with zero attached hydrogens (tertiary/aromatic N) is 1. The molecule has 1 aromatic carbocycles. The smallest absolute Gasteiger partial charge is 0.124 e. The van der Waals surface area contributed by atoms with Gasteiger partial charge in [-0.15, -0.1) is 0 Å². The van der Waals surface area contributed by atoms with Crippen LogP contribution in [0.25, 0.3) is 0 Å². The lowest BCUT2D eigenvalue weighted by molar-refractivity contribution is 0.0903. The van der Waals surface area contributed by atoms with Crippen LogP contribution in [0.5, 0.6) is 11.5 Å². The maximum Gasteiger partial charge on any atom is 0.124 e. The molecule has 0 N–H and O–H groups in total. The van der Waals surface area contributed by atoms with E-state index in [0.717, 1.165) is 25.9 Å². The van der Waals surface area contributed by atoms with Gasteiger partial charge in [-0.1, -0.05) is 0 Å². The van der Waals surface area contributed by atoms with Crippen LogP contribution in [0.2, 0.25) is 0 Å². The molecular formula is C14H17NO3. The molecule has 18 heavy (non-hydrogen) atoms. The van der Waals surface area contributed by atoms with Gasteiger partial charge in [0.15, 0.2) is 0 Å². The summed E-state index contributed by atoms with van der Waals surface area (Å²) < 4.78 is 16.3. The van der Waals surface area contributed by atoms with Crippen LogP contribution < -0.4 is 9.47 Å². The summed E-state index contributed by atoms with van der Waals surface area (Å²) in [7, 11) is 1.58. The largest absolute Gasteiger partial charge is 0.497 e. The van der Waals surface area contributed by atoms with E-state index in [9.17, 15) is 0 Å². The molecule has 4 nitrogen and oxygen atoms in total. The molecule has 0 aliphatic carbocycles. The number of nitriles is 1. The van der Waals surface area contributed by atoms with Crippen molar-refractivity contribution in [3.05, 3.63) is 23.8 Å². The van der Waals surface area contributed by atoms with Crippen molar-refractivity contribution in [3.8, 4) is 17.6 Å². The fourth-order valence-electron chi connectivity index (χ4n) is 2.02. The first-order valence-corrected chi connectivity index (χ1v) is 6.15. The third-order valence-electron chi connectivity index (χ3n) is 2.98. The van der Waals surface area contributed by atoms with Crippen LogP contribution in [-0.2, 0) is 4.74 Å². The van der Waals surface area contributed by atoms with Crippen LogP contribution in [0.1, 0.15) is 24.8 Å². The Morgan fingerprint density at radius 3 is 2.89 bits per heavy atom. The van der Waals surface area contributed by atoms with E-state index in [1.807, 2.05) is 0 Å². The summed E-state index contributed by atoms with van der Waals surface area (Å²) in [6, 6.07) is 7.28. The van der Waals surface area contributed by atoms with Crippen molar-refractivity contribution in [2.75, 3.05) is 20.3 Å². The van der Waals surface area contributed by atoms with Crippen molar-refractivity contribution < 1.29 is 14.2 Å². The van der Waals surface area contributed by atoms with Gasteiger partial charge in [0.25, 0.3) is 0 Å². The predicted molar refractivity (Wildman–Crippen MR) is 66.8 cm³/mol. The molecule has 1 aliphatic rings. The molecular weight excluding hydrogens is 230 g/mol. The Labute approximate surface area is 107 Å². The molecule has 96 valence electrons. The fourth-order valence-corrected chi connectivity index (χ4v) is 2.02. The predicted octanol–water partition coefficient (Wildman–Crippen LogP) is 2.51. The molecule has 1 saturated heterocycles. The minimum absolute atomic E-state index is 0.325. The summed E-state index contributed by atoms with van der Waals surface area (Å²) in [5.41, 5.74) is 0.543. The zero-order valence-electron chi connectivity index (χ0n) is 10.5. The Bertz CT molecular complexity index is 433. The van der Waals surface area contributed by atoms with Crippen LogP contribution in [-0.4, -0.2) is 26.4 Å². The molecule has 1 fully saturated rings. The van der Waals surface area contributed by atoms with E-state index in [0.29, 0.717) is 29.8 Å². The SMILES string of the molecule is COc1cc(C#N)cc(OCCC2CCCO2)c1. The number of methoxy groups -OCH3 is 1. The third kappa shape index (κ3) is 3.38. The van der Waals surface area contributed by atoms with Crippen molar-refractivity contribution in [3.63, 3.8) is 0 Å². The molecule has 1 unspecified atom stereocenters. The maximum atomic E-state index is 8.90. The minimum Gasteiger partial charge on any atom is -0.497 e. The highest BCUT2D eigenvalue weighted by atomic mass is 16.5. The molecule has 0 radical (unpaired) electrons. The molecule has 0 saturated carbocycles. The van der Waals surface area contributed by atoms with Gasteiger partial charge < -0.3 is 14.2 Å². The molecule has 0 bridgehead atoms. The molecule has 1 heterocycles. The highest BCUT2D eigenvalue weighted by molar-refractivity contribution is 5.43. The van der Waals surface area contributed by atoms with Crippen LogP contribution in [0.3, 0.4) is 0 Å². The average Bonchev–Trinajstić information content (AvgIpc) is 2.91. The number of hydrogen-bond acceptors (Lipinski definition) is 4. The second kappa shape index (κ2) is 6.27. The molecule has 2 rings (SSSR count). The van der Waals surface area contributed by atoms with Crippen molar-refractivity contribution in [2.45, 2.75) is 25.4 Å². The van der Waals surface area contributed by atoms with E-state index in [1.54, 1.807) is 25.3 Å². The summed E-state index contributed by atoms with van der Waals surface area (Å²) in [6.45, 7) is 1.46. The van der Waals surface area contributed by atoms with Gasteiger partial charge in [-0.2, -0.15) is 5.26 Å². The number of hydrogen-bond donors (Lipinski definition) is 0. The first kappa shape index (κ1) is 12.7. The van der Waals surface area contributed by atoms with E-state index in [1.165, 1.54) is 0 Å². The number of benzene rings is 1. The standard InChI is InChI=1S/C14H17NO3/c1-16-13-7-11(10-15)8-14(9-13)18-6-4-12-3-2-5-17-12/h7-9,12H,2-6H2,1H3. The van der Waals surface area contributed by atoms with Gasteiger partial charge in [0.2, 0.25) is 0 Å². The highest BCUT2D eigenvalue weighted by Crippen LogP contribution is 2.23. The highest BCUT2D eigenvalue weighted by Gasteiger charge is 2.15. The topological polar surface area (TPSA) is 51.5 Å². The van der Waals surface area contributed by atoms with Gasteiger partial charge in [0, 0.05) is 19.1 Å². The monoisotopic (exact) mass is 247 g/mol. The zero-order valence-corrected chi connectivity index (χ0v) is 10.5. The van der Waals surface area contributed by atoms with Crippen LogP contribution in [0.4, 0.5) is 0 Å². The molecule has 4 heteroatoms. The Hall–Kier alpha value is -1.73. The van der Waals surface area contributed by atoms with Gasteiger partial charge in [0.1, 0.15) is 11.5 Å². The van der Waals surface area contributed by atoms with E-state index in [2.05, 4.69) is 6.07 Å². The Morgan fingerprint density at radius 1 is 1.39 bits per heavy atom. The van der Waals surface area contributed by atoms with Crippen molar-refractivity contribution in [2.24, 2.45) is 0 Å². The van der Waals surface area contributed by atoms with Gasteiger partial charge in [-0.05, 0) is 25.0 Å². The molecule has 1 aromatic rings. The Balaban J connectivity index is 1.89. The van der Waals surface area contributed by atoms with E-state index >= 15 is 0 Å². The summed E-state index contributed by atoms with van der Waals surface area (Å²) in [5.74, 6) is 1.31. The summed E-state index contributed by atoms with van der Waals surface area (Å²) in [6.07, 6.45) is 3.47. The van der Waals surface area contributed by atoms with Crippen LogP contribution >= 0.6 is 0 Å². The van der Waals surface area contributed by atoms with Crippen LogP contribution in [0, 0.1) is 11.3 Å². The van der Waals surface area contributed by atoms with E-state index in [-0.39, 0.29) is 0 Å². The lowest BCUT2D eigenvalue weighted by atomic mass is 10.2. The van der Waals surface area contributed by atoms with Crippen molar-refractivity contribution >= 4 is 0 Å². The van der Waals surface area contributed by atoms with Gasteiger partial charge in [-0.25, -0.2) is 0 Å². The molecule has 1 aliphatic heterocycles. The normalized spacial score (nSPS) is 18.3.